The summed E-state index contributed by atoms with van der Waals surface area (Å²) in [6.07, 6.45) is 2.02. The minimum atomic E-state index is -0.408. The zero-order valence-corrected chi connectivity index (χ0v) is 13.0. The summed E-state index contributed by atoms with van der Waals surface area (Å²) in [5.74, 6) is -0.408. The van der Waals surface area contributed by atoms with Crippen molar-refractivity contribution in [3.8, 4) is 0 Å². The number of hydrogen-bond donors (Lipinski definition) is 1. The summed E-state index contributed by atoms with van der Waals surface area (Å²) in [4.78, 5) is 13.5. The number of ether oxygens (including phenoxy) is 1. The molecule has 0 aromatic heterocycles. The van der Waals surface area contributed by atoms with Gasteiger partial charge in [-0.15, -0.1) is 0 Å². The molecule has 1 N–H and O–H groups in total. The molecule has 2 amide bonds. The molecule has 0 spiro atoms. The second-order valence-corrected chi connectivity index (χ2v) is 5.75. The van der Waals surface area contributed by atoms with E-state index in [2.05, 4.69) is 5.32 Å². The van der Waals surface area contributed by atoms with Crippen molar-refractivity contribution < 1.29 is 13.9 Å². The van der Waals surface area contributed by atoms with Gasteiger partial charge in [0.05, 0.1) is 18.7 Å². The SMILES string of the molecule is CC(NC(=O)N(C)Cc1c(F)cccc1Cl)C1CCCO1. The fraction of sp³-hybridized carbons (Fsp3) is 0.533. The normalized spacial score (nSPS) is 19.3. The lowest BCUT2D eigenvalue weighted by atomic mass is 10.1. The molecule has 2 atom stereocenters. The minimum absolute atomic E-state index is 0.0550. The number of halogens is 2. The monoisotopic (exact) mass is 314 g/mol. The summed E-state index contributed by atoms with van der Waals surface area (Å²) in [6, 6.07) is 4.15. The summed E-state index contributed by atoms with van der Waals surface area (Å²) >= 11 is 5.97. The largest absolute Gasteiger partial charge is 0.376 e. The van der Waals surface area contributed by atoms with Crippen molar-refractivity contribution in [1.29, 1.82) is 0 Å². The fourth-order valence-corrected chi connectivity index (χ4v) is 2.61. The molecule has 0 aliphatic carbocycles. The first-order valence-corrected chi connectivity index (χ1v) is 7.43. The van der Waals surface area contributed by atoms with Gasteiger partial charge in [-0.3, -0.25) is 0 Å². The number of carbonyl (C=O) groups is 1. The molecule has 1 aromatic carbocycles. The molecule has 2 unspecified atom stereocenters. The van der Waals surface area contributed by atoms with E-state index in [1.54, 1.807) is 19.2 Å². The summed E-state index contributed by atoms with van der Waals surface area (Å²) in [7, 11) is 1.61. The van der Waals surface area contributed by atoms with Crippen molar-refractivity contribution in [2.45, 2.75) is 38.5 Å². The van der Waals surface area contributed by atoms with Gasteiger partial charge < -0.3 is 15.0 Å². The maximum absolute atomic E-state index is 13.7. The molecule has 1 heterocycles. The average molecular weight is 315 g/mol. The third-order valence-electron chi connectivity index (χ3n) is 3.68. The Morgan fingerprint density at radius 3 is 3.00 bits per heavy atom. The van der Waals surface area contributed by atoms with Gasteiger partial charge in [-0.25, -0.2) is 9.18 Å². The lowest BCUT2D eigenvalue weighted by molar-refractivity contribution is 0.0838. The Bertz CT molecular complexity index is 486. The molecule has 116 valence electrons. The summed E-state index contributed by atoms with van der Waals surface area (Å²) in [6.45, 7) is 2.78. The van der Waals surface area contributed by atoms with E-state index < -0.39 is 5.82 Å². The van der Waals surface area contributed by atoms with Crippen molar-refractivity contribution >= 4 is 17.6 Å². The van der Waals surface area contributed by atoms with Crippen molar-refractivity contribution in [3.63, 3.8) is 0 Å². The molecular formula is C15H20ClFN2O2. The van der Waals surface area contributed by atoms with Gasteiger partial charge in [0.2, 0.25) is 0 Å². The molecule has 1 saturated heterocycles. The van der Waals surface area contributed by atoms with E-state index >= 15 is 0 Å². The Morgan fingerprint density at radius 1 is 1.62 bits per heavy atom. The molecule has 0 radical (unpaired) electrons. The number of rotatable bonds is 4. The second kappa shape index (κ2) is 7.09. The van der Waals surface area contributed by atoms with Crippen LogP contribution in [0.1, 0.15) is 25.3 Å². The maximum atomic E-state index is 13.7. The second-order valence-electron chi connectivity index (χ2n) is 5.35. The number of nitrogens with zero attached hydrogens (tertiary/aromatic N) is 1. The maximum Gasteiger partial charge on any atom is 0.317 e. The first-order chi connectivity index (χ1) is 9.99. The highest BCUT2D eigenvalue weighted by Gasteiger charge is 2.25. The number of urea groups is 1. The van der Waals surface area contributed by atoms with Crippen LogP contribution in [0, 0.1) is 5.82 Å². The van der Waals surface area contributed by atoms with Crippen molar-refractivity contribution in [2.75, 3.05) is 13.7 Å². The lowest BCUT2D eigenvalue weighted by Gasteiger charge is -2.24. The summed E-state index contributed by atoms with van der Waals surface area (Å²) in [5, 5.41) is 3.20. The van der Waals surface area contributed by atoms with Gasteiger partial charge in [0.25, 0.3) is 0 Å². The van der Waals surface area contributed by atoms with E-state index in [1.807, 2.05) is 6.92 Å². The number of benzene rings is 1. The standard InChI is InChI=1S/C15H20ClFN2O2/c1-10(14-7-4-8-21-14)18-15(20)19(2)9-11-12(16)5-3-6-13(11)17/h3,5-6,10,14H,4,7-9H2,1-2H3,(H,18,20). The molecule has 0 saturated carbocycles. The Morgan fingerprint density at radius 2 is 2.38 bits per heavy atom. The minimum Gasteiger partial charge on any atom is -0.376 e. The Balaban J connectivity index is 1.93. The third-order valence-corrected chi connectivity index (χ3v) is 4.03. The van der Waals surface area contributed by atoms with E-state index in [0.717, 1.165) is 19.4 Å². The topological polar surface area (TPSA) is 41.6 Å². The van der Waals surface area contributed by atoms with Gasteiger partial charge in [0, 0.05) is 24.2 Å². The molecule has 1 aliphatic rings. The number of carbonyl (C=O) groups excluding carboxylic acids is 1. The van der Waals surface area contributed by atoms with E-state index in [9.17, 15) is 9.18 Å². The van der Waals surface area contributed by atoms with E-state index in [-0.39, 0.29) is 24.7 Å². The molecule has 1 fully saturated rings. The van der Waals surface area contributed by atoms with Crippen LogP contribution in [0.15, 0.2) is 18.2 Å². The van der Waals surface area contributed by atoms with Gasteiger partial charge in [0.1, 0.15) is 5.82 Å². The molecule has 6 heteroatoms. The van der Waals surface area contributed by atoms with Gasteiger partial charge in [0.15, 0.2) is 0 Å². The molecule has 1 aliphatic heterocycles. The Kier molecular flexibility index (Phi) is 5.42. The molecular weight excluding hydrogens is 295 g/mol. The van der Waals surface area contributed by atoms with E-state index in [0.29, 0.717) is 10.6 Å². The van der Waals surface area contributed by atoms with Crippen LogP contribution in [0.2, 0.25) is 5.02 Å². The van der Waals surface area contributed by atoms with E-state index in [4.69, 9.17) is 16.3 Å². The lowest BCUT2D eigenvalue weighted by Crippen LogP contribution is -2.46. The van der Waals surface area contributed by atoms with Gasteiger partial charge in [-0.2, -0.15) is 0 Å². The first kappa shape index (κ1) is 16.0. The zero-order valence-electron chi connectivity index (χ0n) is 12.2. The molecule has 2 rings (SSSR count). The highest BCUT2D eigenvalue weighted by Crippen LogP contribution is 2.20. The van der Waals surface area contributed by atoms with Crippen LogP contribution in [-0.2, 0) is 11.3 Å². The Labute approximate surface area is 129 Å². The zero-order chi connectivity index (χ0) is 15.4. The first-order valence-electron chi connectivity index (χ1n) is 7.05. The molecule has 0 bridgehead atoms. The number of amides is 2. The van der Waals surface area contributed by atoms with Crippen LogP contribution in [-0.4, -0.2) is 36.7 Å². The van der Waals surface area contributed by atoms with Crippen LogP contribution in [0.5, 0.6) is 0 Å². The van der Waals surface area contributed by atoms with Crippen molar-refractivity contribution in [3.05, 3.63) is 34.6 Å². The van der Waals surface area contributed by atoms with Crippen molar-refractivity contribution in [1.82, 2.24) is 10.2 Å². The van der Waals surface area contributed by atoms with Crippen LogP contribution in [0.3, 0.4) is 0 Å². The predicted molar refractivity (Wildman–Crippen MR) is 79.8 cm³/mol. The number of nitrogens with one attached hydrogen (secondary N) is 1. The molecule has 1 aromatic rings. The van der Waals surface area contributed by atoms with Crippen molar-refractivity contribution in [2.24, 2.45) is 0 Å². The predicted octanol–water partition coefficient (Wildman–Crippen LogP) is 3.19. The van der Waals surface area contributed by atoms with Crippen LogP contribution < -0.4 is 5.32 Å². The average Bonchev–Trinajstić information content (AvgIpc) is 2.97. The number of hydrogen-bond acceptors (Lipinski definition) is 2. The third kappa shape index (κ3) is 4.08. The van der Waals surface area contributed by atoms with E-state index in [1.165, 1.54) is 11.0 Å². The Hall–Kier alpha value is -1.33. The van der Waals surface area contributed by atoms with Gasteiger partial charge >= 0.3 is 6.03 Å². The molecule has 21 heavy (non-hydrogen) atoms. The van der Waals surface area contributed by atoms with Crippen LogP contribution in [0.4, 0.5) is 9.18 Å². The van der Waals surface area contributed by atoms with Crippen LogP contribution in [0.25, 0.3) is 0 Å². The van der Waals surface area contributed by atoms with Gasteiger partial charge in [-0.05, 0) is 31.9 Å². The quantitative estimate of drug-likeness (QED) is 0.927. The summed E-state index contributed by atoms with van der Waals surface area (Å²) < 4.78 is 19.3. The van der Waals surface area contributed by atoms with Gasteiger partial charge in [-0.1, -0.05) is 17.7 Å². The highest BCUT2D eigenvalue weighted by atomic mass is 35.5. The summed E-state index contributed by atoms with van der Waals surface area (Å²) in [5.41, 5.74) is 0.321. The van der Waals surface area contributed by atoms with Crippen LogP contribution >= 0.6 is 11.6 Å². The smallest absolute Gasteiger partial charge is 0.317 e. The highest BCUT2D eigenvalue weighted by molar-refractivity contribution is 6.31. The molecule has 4 nitrogen and oxygen atoms in total. The fourth-order valence-electron chi connectivity index (χ4n) is 2.39.